The van der Waals surface area contributed by atoms with E-state index in [9.17, 15) is 19.0 Å². The van der Waals surface area contributed by atoms with Gasteiger partial charge < -0.3 is 25.2 Å². The number of carbonyl (C=O) groups excluding carboxylic acids is 1. The molecule has 332 valence electrons. The van der Waals surface area contributed by atoms with Crippen molar-refractivity contribution in [3.05, 3.63) is 85.1 Å². The van der Waals surface area contributed by atoms with Crippen LogP contribution in [0.1, 0.15) is 162 Å². The Morgan fingerprint density at radius 2 is 1.00 bits per heavy atom. The zero-order valence-corrected chi connectivity index (χ0v) is 37.0. The highest BCUT2D eigenvalue weighted by Crippen LogP contribution is 2.43. The molecule has 0 heterocycles. The van der Waals surface area contributed by atoms with Gasteiger partial charge in [-0.25, -0.2) is 4.57 Å². The van der Waals surface area contributed by atoms with Crippen LogP contribution in [-0.2, 0) is 32.7 Å². The third-order valence-corrected chi connectivity index (χ3v) is 9.89. The number of nitrogens with two attached hydrogens (primary N) is 1. The number of unbranched alkanes of at least 4 members (excludes halogenated alkanes) is 13. The van der Waals surface area contributed by atoms with E-state index in [1.807, 2.05) is 0 Å². The van der Waals surface area contributed by atoms with Gasteiger partial charge in [0.15, 0.2) is 0 Å². The fraction of sp³-hybridized carbons (Fsp3) is 0.660. The second kappa shape index (κ2) is 42.3. The van der Waals surface area contributed by atoms with Crippen LogP contribution in [0.2, 0.25) is 0 Å². The molecule has 0 spiro atoms. The second-order valence-corrected chi connectivity index (χ2v) is 15.9. The summed E-state index contributed by atoms with van der Waals surface area (Å²) in [5.74, 6) is -1.80. The number of carboxylic acid groups (broad SMARTS) is 1. The largest absolute Gasteiger partial charge is 0.480 e. The lowest BCUT2D eigenvalue weighted by atomic mass is 10.0. The van der Waals surface area contributed by atoms with E-state index >= 15 is 0 Å². The van der Waals surface area contributed by atoms with E-state index in [1.165, 1.54) is 51.4 Å². The zero-order chi connectivity index (χ0) is 42.6. The van der Waals surface area contributed by atoms with Crippen LogP contribution in [0.15, 0.2) is 85.1 Å². The minimum Gasteiger partial charge on any atom is -0.480 e. The van der Waals surface area contributed by atoms with Crippen molar-refractivity contribution in [2.24, 2.45) is 5.73 Å². The summed E-state index contributed by atoms with van der Waals surface area (Å²) in [5, 5.41) is 8.89. The van der Waals surface area contributed by atoms with Crippen molar-refractivity contribution in [2.75, 3.05) is 26.4 Å². The first-order valence-electron chi connectivity index (χ1n) is 22.1. The molecule has 0 aliphatic heterocycles. The average molecular weight is 834 g/mol. The van der Waals surface area contributed by atoms with Crippen LogP contribution < -0.4 is 5.73 Å². The molecular formula is C47H80NO9P. The van der Waals surface area contributed by atoms with Gasteiger partial charge in [0.2, 0.25) is 0 Å². The van der Waals surface area contributed by atoms with Gasteiger partial charge in [-0.1, -0.05) is 170 Å². The highest BCUT2D eigenvalue weighted by molar-refractivity contribution is 7.47. The Kier molecular flexibility index (Phi) is 40.2. The van der Waals surface area contributed by atoms with Gasteiger partial charge in [0.25, 0.3) is 0 Å². The fourth-order valence-corrected chi connectivity index (χ4v) is 6.30. The van der Waals surface area contributed by atoms with Gasteiger partial charge in [-0.3, -0.25) is 18.6 Å². The van der Waals surface area contributed by atoms with Crippen molar-refractivity contribution in [2.45, 2.75) is 174 Å². The van der Waals surface area contributed by atoms with E-state index in [2.05, 4.69) is 98.9 Å². The van der Waals surface area contributed by atoms with E-state index in [-0.39, 0.29) is 13.0 Å². The number of phosphoric acid groups is 1. The molecule has 11 heteroatoms. The van der Waals surface area contributed by atoms with Gasteiger partial charge in [-0.05, 0) is 70.6 Å². The smallest absolute Gasteiger partial charge is 0.472 e. The highest BCUT2D eigenvalue weighted by Gasteiger charge is 2.27. The Hall–Kier alpha value is -2.85. The lowest BCUT2D eigenvalue weighted by molar-refractivity contribution is -0.154. The monoisotopic (exact) mass is 834 g/mol. The van der Waals surface area contributed by atoms with Gasteiger partial charge in [-0.2, -0.15) is 0 Å². The van der Waals surface area contributed by atoms with Gasteiger partial charge in [-0.15, -0.1) is 0 Å². The van der Waals surface area contributed by atoms with Crippen molar-refractivity contribution in [1.29, 1.82) is 0 Å². The molecule has 0 aromatic heterocycles. The maximum atomic E-state index is 12.6. The highest BCUT2D eigenvalue weighted by atomic mass is 31.2. The number of aliphatic carboxylic acids is 1. The summed E-state index contributed by atoms with van der Waals surface area (Å²) in [5.41, 5.74) is 5.35. The number of carbonyl (C=O) groups is 2. The summed E-state index contributed by atoms with van der Waals surface area (Å²) in [6.45, 7) is 3.63. The molecule has 0 aliphatic rings. The summed E-state index contributed by atoms with van der Waals surface area (Å²) < 4.78 is 33.3. The predicted octanol–water partition coefficient (Wildman–Crippen LogP) is 12.4. The quantitative estimate of drug-likeness (QED) is 0.0235. The molecule has 0 saturated carbocycles. The molecule has 0 radical (unpaired) electrons. The molecular weight excluding hydrogens is 753 g/mol. The maximum Gasteiger partial charge on any atom is 0.472 e. The topological polar surface area (TPSA) is 155 Å². The van der Waals surface area contributed by atoms with Crippen LogP contribution in [-0.4, -0.2) is 60.5 Å². The summed E-state index contributed by atoms with van der Waals surface area (Å²) >= 11 is 0. The number of esters is 1. The first-order chi connectivity index (χ1) is 28.2. The van der Waals surface area contributed by atoms with Crippen LogP contribution in [0, 0.1) is 0 Å². The fourth-order valence-electron chi connectivity index (χ4n) is 5.52. The SMILES string of the molecule is CC/C=C\C/C=C\C/C=C\C/C=C\C/C=C\C/C=C\C/C=C\CCCCOCC(COP(=O)(O)OCC(N)C(=O)O)OC(=O)CCCCCCCCCCCCCC. The van der Waals surface area contributed by atoms with Gasteiger partial charge >= 0.3 is 19.8 Å². The predicted molar refractivity (Wildman–Crippen MR) is 240 cm³/mol. The molecule has 3 unspecified atom stereocenters. The number of allylic oxidation sites excluding steroid dienone is 14. The number of rotatable bonds is 41. The molecule has 0 bridgehead atoms. The second-order valence-electron chi connectivity index (χ2n) is 14.4. The van der Waals surface area contributed by atoms with E-state index in [0.29, 0.717) is 13.0 Å². The van der Waals surface area contributed by atoms with Crippen LogP contribution >= 0.6 is 7.82 Å². The first kappa shape index (κ1) is 55.2. The van der Waals surface area contributed by atoms with Crippen LogP contribution in [0.3, 0.4) is 0 Å². The molecule has 0 aromatic rings. The molecule has 0 aliphatic carbocycles. The van der Waals surface area contributed by atoms with E-state index in [0.717, 1.165) is 83.5 Å². The minimum atomic E-state index is -4.63. The molecule has 58 heavy (non-hydrogen) atoms. The lowest BCUT2D eigenvalue weighted by Crippen LogP contribution is -2.34. The maximum absolute atomic E-state index is 12.6. The Morgan fingerprint density at radius 3 is 1.47 bits per heavy atom. The lowest BCUT2D eigenvalue weighted by Gasteiger charge is -2.20. The number of phosphoric ester groups is 1. The van der Waals surface area contributed by atoms with Crippen molar-refractivity contribution in [3.63, 3.8) is 0 Å². The zero-order valence-electron chi connectivity index (χ0n) is 36.1. The van der Waals surface area contributed by atoms with E-state index in [4.69, 9.17) is 29.4 Å². The standard InChI is InChI=1S/C47H80NO9P/c1-3-5-7-9-11-13-15-17-18-19-20-21-22-23-24-25-26-27-28-30-32-34-36-38-40-54-41-44(42-55-58(52,53)56-43-45(48)47(50)51)57-46(49)39-37-35-33-31-29-16-14-12-10-8-6-4-2/h5,7,11,13,17-18,20-21,23-24,26-27,30,32,44-45H,3-4,6,8-10,12,14-16,19,22,25,28-29,31,33-43,48H2,1-2H3,(H,50,51)(H,52,53)/b7-5-,13-11-,18-17-,21-20-,24-23-,27-26-,32-30-. The molecule has 4 N–H and O–H groups in total. The molecule has 0 rings (SSSR count). The molecule has 10 nitrogen and oxygen atoms in total. The molecule has 0 amide bonds. The van der Waals surface area contributed by atoms with Crippen molar-refractivity contribution < 1.29 is 42.7 Å². The van der Waals surface area contributed by atoms with Crippen molar-refractivity contribution in [3.8, 4) is 0 Å². The van der Waals surface area contributed by atoms with E-state index < -0.39 is 45.1 Å². The van der Waals surface area contributed by atoms with Crippen molar-refractivity contribution in [1.82, 2.24) is 0 Å². The van der Waals surface area contributed by atoms with Gasteiger partial charge in [0, 0.05) is 13.0 Å². The summed E-state index contributed by atoms with van der Waals surface area (Å²) in [6, 6.07) is -1.48. The third-order valence-electron chi connectivity index (χ3n) is 8.94. The molecule has 0 fully saturated rings. The number of ether oxygens (including phenoxy) is 2. The third kappa shape index (κ3) is 41.3. The summed E-state index contributed by atoms with van der Waals surface area (Å²) in [4.78, 5) is 33.5. The molecule has 0 saturated heterocycles. The Labute approximate surface area is 352 Å². The van der Waals surface area contributed by atoms with Crippen LogP contribution in [0.5, 0.6) is 0 Å². The van der Waals surface area contributed by atoms with E-state index in [1.54, 1.807) is 0 Å². The summed E-state index contributed by atoms with van der Waals surface area (Å²) in [6.07, 6.45) is 53.6. The number of carboxylic acids is 1. The first-order valence-corrected chi connectivity index (χ1v) is 23.6. The Balaban J connectivity index is 4.30. The Morgan fingerprint density at radius 1 is 0.569 bits per heavy atom. The summed E-state index contributed by atoms with van der Waals surface area (Å²) in [7, 11) is -4.63. The number of hydrogen-bond acceptors (Lipinski definition) is 8. The average Bonchev–Trinajstić information content (AvgIpc) is 3.20. The minimum absolute atomic E-state index is 0.0165. The molecule has 0 aromatic carbocycles. The number of hydrogen-bond donors (Lipinski definition) is 3. The van der Waals surface area contributed by atoms with Gasteiger partial charge in [0.1, 0.15) is 12.1 Å². The van der Waals surface area contributed by atoms with Crippen LogP contribution in [0.25, 0.3) is 0 Å². The van der Waals surface area contributed by atoms with Crippen molar-refractivity contribution >= 4 is 19.8 Å². The van der Waals surface area contributed by atoms with Crippen LogP contribution in [0.4, 0.5) is 0 Å². The Bertz CT molecular complexity index is 1240. The van der Waals surface area contributed by atoms with Gasteiger partial charge in [0.05, 0.1) is 19.8 Å². The normalized spacial score (nSPS) is 14.7. The molecule has 3 atom stereocenters.